The lowest BCUT2D eigenvalue weighted by atomic mass is 9.85. The number of benzene rings is 2. The highest BCUT2D eigenvalue weighted by Crippen LogP contribution is 2.51. The van der Waals surface area contributed by atoms with E-state index < -0.39 is 17.6 Å². The van der Waals surface area contributed by atoms with Gasteiger partial charge < -0.3 is 9.84 Å². The van der Waals surface area contributed by atoms with Gasteiger partial charge >= 0.3 is 12.1 Å². The molecule has 2 aliphatic rings. The lowest BCUT2D eigenvalue weighted by molar-refractivity contribution is -0.153. The Kier molecular flexibility index (Phi) is 5.32. The standard InChI is InChI=1S/C26H31NO4/c1-5-27(26(23(28)29)16-25(3,4)14-17(26)2)24(30)31-15-22-20-12-8-6-10-18(20)19-11-7-9-13-21(19)22/h6-13,17,22H,5,14-16H2,1-4H3,(H,28,29). The molecule has 2 unspecified atom stereocenters. The van der Waals surface area contributed by atoms with E-state index in [0.29, 0.717) is 13.0 Å². The van der Waals surface area contributed by atoms with Gasteiger partial charge in [-0.05, 0) is 53.4 Å². The third-order valence-electron chi connectivity index (χ3n) is 7.15. The summed E-state index contributed by atoms with van der Waals surface area (Å²) in [5.74, 6) is -1.14. The molecule has 4 rings (SSSR count). The highest BCUT2D eigenvalue weighted by atomic mass is 16.6. The summed E-state index contributed by atoms with van der Waals surface area (Å²) in [6, 6.07) is 16.4. The van der Waals surface area contributed by atoms with Crippen LogP contribution in [0, 0.1) is 11.3 Å². The molecule has 0 radical (unpaired) electrons. The van der Waals surface area contributed by atoms with Gasteiger partial charge in [-0.3, -0.25) is 4.90 Å². The van der Waals surface area contributed by atoms with E-state index in [9.17, 15) is 14.7 Å². The quantitative estimate of drug-likeness (QED) is 0.689. The summed E-state index contributed by atoms with van der Waals surface area (Å²) in [6.07, 6.45) is 0.636. The average Bonchev–Trinajstić information content (AvgIpc) is 3.18. The zero-order valence-electron chi connectivity index (χ0n) is 18.7. The number of carboxylic acids is 1. The van der Waals surface area contributed by atoms with Crippen LogP contribution in [0.3, 0.4) is 0 Å². The molecule has 1 saturated carbocycles. The van der Waals surface area contributed by atoms with Crippen LogP contribution in [-0.4, -0.2) is 40.8 Å². The maximum absolute atomic E-state index is 13.2. The zero-order valence-corrected chi connectivity index (χ0v) is 18.7. The van der Waals surface area contributed by atoms with E-state index in [1.165, 1.54) is 16.0 Å². The fourth-order valence-corrected chi connectivity index (χ4v) is 5.98. The summed E-state index contributed by atoms with van der Waals surface area (Å²) < 4.78 is 5.82. The number of likely N-dealkylation sites (N-methyl/N-ethyl adjacent to an activating group) is 1. The molecule has 1 fully saturated rings. The molecule has 31 heavy (non-hydrogen) atoms. The number of fused-ring (bicyclic) bond motifs is 3. The Balaban J connectivity index is 1.59. The predicted molar refractivity (Wildman–Crippen MR) is 120 cm³/mol. The van der Waals surface area contributed by atoms with Crippen LogP contribution in [0.4, 0.5) is 4.79 Å². The third-order valence-corrected chi connectivity index (χ3v) is 7.15. The number of carbonyl (C=O) groups is 2. The van der Waals surface area contributed by atoms with Crippen LogP contribution in [-0.2, 0) is 9.53 Å². The van der Waals surface area contributed by atoms with Gasteiger partial charge in [0.2, 0.25) is 0 Å². The van der Waals surface area contributed by atoms with Crippen molar-refractivity contribution >= 4 is 12.1 Å². The van der Waals surface area contributed by atoms with Crippen molar-refractivity contribution in [3.63, 3.8) is 0 Å². The summed E-state index contributed by atoms with van der Waals surface area (Å²) in [7, 11) is 0. The topological polar surface area (TPSA) is 66.8 Å². The van der Waals surface area contributed by atoms with Gasteiger partial charge in [0.25, 0.3) is 0 Å². The first kappa shape index (κ1) is 21.4. The summed E-state index contributed by atoms with van der Waals surface area (Å²) >= 11 is 0. The molecular weight excluding hydrogens is 390 g/mol. The number of amides is 1. The molecular formula is C26H31NO4. The normalized spacial score (nSPS) is 23.8. The molecule has 0 spiro atoms. The number of ether oxygens (including phenoxy) is 1. The molecule has 0 aromatic heterocycles. The number of carboxylic acid groups (broad SMARTS) is 1. The van der Waals surface area contributed by atoms with Gasteiger partial charge in [-0.25, -0.2) is 9.59 Å². The molecule has 2 atom stereocenters. The van der Waals surface area contributed by atoms with Crippen molar-refractivity contribution in [2.45, 2.75) is 52.0 Å². The van der Waals surface area contributed by atoms with E-state index in [1.54, 1.807) is 0 Å². The number of rotatable bonds is 5. The SMILES string of the molecule is CCN(C(=O)OCC1c2ccccc2-c2ccccc21)C1(C(=O)O)CC(C)(C)CC1C. The van der Waals surface area contributed by atoms with Crippen LogP contribution in [0.1, 0.15) is 57.6 Å². The zero-order chi connectivity index (χ0) is 22.4. The molecule has 2 aliphatic carbocycles. The summed E-state index contributed by atoms with van der Waals surface area (Å²) in [4.78, 5) is 27.2. The lowest BCUT2D eigenvalue weighted by Gasteiger charge is -2.40. The van der Waals surface area contributed by atoms with Gasteiger partial charge in [-0.15, -0.1) is 0 Å². The molecule has 0 aliphatic heterocycles. The summed E-state index contributed by atoms with van der Waals surface area (Å²) in [5.41, 5.74) is 3.24. The van der Waals surface area contributed by atoms with E-state index in [2.05, 4.69) is 38.1 Å². The largest absolute Gasteiger partial charge is 0.479 e. The molecule has 2 aromatic rings. The van der Waals surface area contributed by atoms with Gasteiger partial charge in [0.1, 0.15) is 12.1 Å². The second-order valence-electron chi connectivity index (χ2n) is 9.72. The van der Waals surface area contributed by atoms with Crippen LogP contribution in [0.2, 0.25) is 0 Å². The van der Waals surface area contributed by atoms with Crippen LogP contribution in [0.15, 0.2) is 48.5 Å². The predicted octanol–water partition coefficient (Wildman–Crippen LogP) is 5.54. The molecule has 5 heteroatoms. The van der Waals surface area contributed by atoms with Crippen molar-refractivity contribution in [3.05, 3.63) is 59.7 Å². The Hall–Kier alpha value is -2.82. The second kappa shape index (κ2) is 7.70. The number of hydrogen-bond donors (Lipinski definition) is 1. The first-order valence-corrected chi connectivity index (χ1v) is 11.1. The van der Waals surface area contributed by atoms with Crippen molar-refractivity contribution < 1.29 is 19.4 Å². The second-order valence-corrected chi connectivity index (χ2v) is 9.72. The first-order chi connectivity index (χ1) is 14.7. The Bertz CT molecular complexity index is 968. The van der Waals surface area contributed by atoms with E-state index in [-0.39, 0.29) is 23.9 Å². The molecule has 0 heterocycles. The highest BCUT2D eigenvalue weighted by Gasteiger charge is 2.58. The van der Waals surface area contributed by atoms with Crippen LogP contribution in [0.5, 0.6) is 0 Å². The van der Waals surface area contributed by atoms with Crippen LogP contribution < -0.4 is 0 Å². The molecule has 0 bridgehead atoms. The monoisotopic (exact) mass is 421 g/mol. The molecule has 1 N–H and O–H groups in total. The van der Waals surface area contributed by atoms with Gasteiger partial charge in [-0.1, -0.05) is 69.3 Å². The fourth-order valence-electron chi connectivity index (χ4n) is 5.98. The van der Waals surface area contributed by atoms with E-state index in [0.717, 1.165) is 17.5 Å². The van der Waals surface area contributed by atoms with Crippen molar-refractivity contribution in [2.24, 2.45) is 11.3 Å². The Labute approximate surface area is 184 Å². The first-order valence-electron chi connectivity index (χ1n) is 11.1. The number of carbonyl (C=O) groups excluding carboxylic acids is 1. The van der Waals surface area contributed by atoms with Crippen molar-refractivity contribution in [2.75, 3.05) is 13.2 Å². The van der Waals surface area contributed by atoms with Gasteiger partial charge in [0.15, 0.2) is 0 Å². The number of hydrogen-bond acceptors (Lipinski definition) is 3. The van der Waals surface area contributed by atoms with E-state index in [4.69, 9.17) is 4.74 Å². The van der Waals surface area contributed by atoms with Crippen LogP contribution in [0.25, 0.3) is 11.1 Å². The third kappa shape index (κ3) is 3.40. The maximum atomic E-state index is 13.2. The van der Waals surface area contributed by atoms with Crippen LogP contribution >= 0.6 is 0 Å². The molecule has 1 amide bonds. The smallest absolute Gasteiger partial charge is 0.410 e. The number of aliphatic carboxylic acids is 1. The Morgan fingerprint density at radius 1 is 1.06 bits per heavy atom. The Morgan fingerprint density at radius 3 is 2.06 bits per heavy atom. The average molecular weight is 422 g/mol. The molecule has 5 nitrogen and oxygen atoms in total. The van der Waals surface area contributed by atoms with Crippen molar-refractivity contribution in [1.29, 1.82) is 0 Å². The van der Waals surface area contributed by atoms with Gasteiger partial charge in [0.05, 0.1) is 0 Å². The minimum absolute atomic E-state index is 0.0479. The van der Waals surface area contributed by atoms with Gasteiger partial charge in [0, 0.05) is 12.5 Å². The minimum atomic E-state index is -1.24. The van der Waals surface area contributed by atoms with Crippen molar-refractivity contribution in [3.8, 4) is 11.1 Å². The summed E-state index contributed by atoms with van der Waals surface area (Å²) in [6.45, 7) is 8.38. The van der Waals surface area contributed by atoms with Gasteiger partial charge in [-0.2, -0.15) is 0 Å². The molecule has 0 saturated heterocycles. The van der Waals surface area contributed by atoms with Crippen molar-refractivity contribution in [1.82, 2.24) is 4.90 Å². The number of nitrogens with zero attached hydrogens (tertiary/aromatic N) is 1. The molecule has 164 valence electrons. The summed E-state index contributed by atoms with van der Waals surface area (Å²) in [5, 5.41) is 10.2. The Morgan fingerprint density at radius 2 is 1.61 bits per heavy atom. The van der Waals surface area contributed by atoms with E-state index >= 15 is 0 Å². The van der Waals surface area contributed by atoms with E-state index in [1.807, 2.05) is 38.1 Å². The highest BCUT2D eigenvalue weighted by molar-refractivity contribution is 5.85. The molecule has 2 aromatic carbocycles. The minimum Gasteiger partial charge on any atom is -0.479 e. The maximum Gasteiger partial charge on any atom is 0.410 e. The lowest BCUT2D eigenvalue weighted by Crippen LogP contribution is -2.59. The fraction of sp³-hybridized carbons (Fsp3) is 0.462.